The number of benzene rings is 1. The fourth-order valence-electron chi connectivity index (χ4n) is 2.49. The number of carboxylic acids is 1. The third kappa shape index (κ3) is 1.14. The molecule has 90 valence electrons. The van der Waals surface area contributed by atoms with E-state index in [1.54, 1.807) is 17.5 Å². The zero-order valence-electron chi connectivity index (χ0n) is 9.46. The van der Waals surface area contributed by atoms with E-state index in [1.165, 1.54) is 0 Å². The Morgan fingerprint density at radius 1 is 1.44 bits per heavy atom. The van der Waals surface area contributed by atoms with E-state index in [9.17, 15) is 9.90 Å². The van der Waals surface area contributed by atoms with Crippen LogP contribution in [0.15, 0.2) is 30.6 Å². The lowest BCUT2D eigenvalue weighted by Crippen LogP contribution is -2.19. The van der Waals surface area contributed by atoms with Gasteiger partial charge in [-0.2, -0.15) is 0 Å². The summed E-state index contributed by atoms with van der Waals surface area (Å²) in [6.07, 6.45) is 5.20. The molecule has 0 unspecified atom stereocenters. The van der Waals surface area contributed by atoms with Gasteiger partial charge in [0.05, 0.1) is 15.6 Å². The molecule has 3 aromatic rings. The van der Waals surface area contributed by atoms with Crippen LogP contribution in [0.5, 0.6) is 0 Å². The van der Waals surface area contributed by atoms with Gasteiger partial charge in [0.15, 0.2) is 4.96 Å². The predicted molar refractivity (Wildman–Crippen MR) is 69.1 cm³/mol. The second kappa shape index (κ2) is 3.11. The first-order valence-electron chi connectivity index (χ1n) is 5.80. The van der Waals surface area contributed by atoms with Gasteiger partial charge in [0.25, 0.3) is 0 Å². The van der Waals surface area contributed by atoms with Crippen molar-refractivity contribution in [1.82, 2.24) is 9.38 Å². The first kappa shape index (κ1) is 10.1. The van der Waals surface area contributed by atoms with Gasteiger partial charge in [-0.1, -0.05) is 17.4 Å². The van der Waals surface area contributed by atoms with Crippen molar-refractivity contribution in [3.8, 4) is 0 Å². The summed E-state index contributed by atoms with van der Waals surface area (Å²) in [5, 5.41) is 9.31. The lowest BCUT2D eigenvalue weighted by molar-refractivity contribution is -0.140. The van der Waals surface area contributed by atoms with E-state index < -0.39 is 11.4 Å². The minimum atomic E-state index is -0.705. The van der Waals surface area contributed by atoms with E-state index in [4.69, 9.17) is 0 Å². The van der Waals surface area contributed by atoms with Crippen LogP contribution in [-0.2, 0) is 10.2 Å². The molecule has 1 aromatic carbocycles. The summed E-state index contributed by atoms with van der Waals surface area (Å²) in [5.41, 5.74) is 1.39. The fourth-order valence-corrected chi connectivity index (χ4v) is 3.52. The van der Waals surface area contributed by atoms with Crippen LogP contribution in [0.1, 0.15) is 18.4 Å². The summed E-state index contributed by atoms with van der Waals surface area (Å²) in [4.78, 5) is 16.5. The smallest absolute Gasteiger partial charge is 0.314 e. The highest BCUT2D eigenvalue weighted by Crippen LogP contribution is 2.49. The van der Waals surface area contributed by atoms with Crippen LogP contribution < -0.4 is 0 Å². The van der Waals surface area contributed by atoms with Gasteiger partial charge in [-0.15, -0.1) is 0 Å². The molecule has 0 bridgehead atoms. The van der Waals surface area contributed by atoms with Gasteiger partial charge in [0.1, 0.15) is 0 Å². The van der Waals surface area contributed by atoms with Crippen molar-refractivity contribution in [1.29, 1.82) is 0 Å². The van der Waals surface area contributed by atoms with Crippen molar-refractivity contribution in [2.75, 3.05) is 0 Å². The van der Waals surface area contributed by atoms with Crippen LogP contribution in [0.2, 0.25) is 0 Å². The van der Waals surface area contributed by atoms with E-state index in [0.717, 1.165) is 33.6 Å². The minimum absolute atomic E-state index is 0.625. The molecule has 0 atom stereocenters. The Morgan fingerprint density at radius 2 is 2.28 bits per heavy atom. The highest BCUT2D eigenvalue weighted by atomic mass is 32.1. The lowest BCUT2D eigenvalue weighted by atomic mass is 9.96. The second-order valence-corrected chi connectivity index (χ2v) is 5.76. The molecule has 1 fully saturated rings. The van der Waals surface area contributed by atoms with Crippen molar-refractivity contribution in [3.63, 3.8) is 0 Å². The predicted octanol–water partition coefficient (Wildman–Crippen LogP) is 2.67. The summed E-state index contributed by atoms with van der Waals surface area (Å²) in [6.45, 7) is 0. The van der Waals surface area contributed by atoms with Gasteiger partial charge < -0.3 is 5.11 Å². The molecule has 1 N–H and O–H groups in total. The number of hydrogen-bond donors (Lipinski definition) is 1. The summed E-state index contributed by atoms with van der Waals surface area (Å²) < 4.78 is 3.13. The summed E-state index contributed by atoms with van der Waals surface area (Å²) in [7, 11) is 0. The van der Waals surface area contributed by atoms with Gasteiger partial charge in [-0.05, 0) is 30.5 Å². The van der Waals surface area contributed by atoms with Crippen molar-refractivity contribution in [2.45, 2.75) is 18.3 Å². The van der Waals surface area contributed by atoms with Gasteiger partial charge in [-0.3, -0.25) is 9.20 Å². The van der Waals surface area contributed by atoms with Crippen molar-refractivity contribution < 1.29 is 9.90 Å². The molecule has 0 aliphatic heterocycles. The minimum Gasteiger partial charge on any atom is -0.481 e. The first-order chi connectivity index (χ1) is 8.71. The molecule has 0 spiro atoms. The number of hydrogen-bond acceptors (Lipinski definition) is 3. The van der Waals surface area contributed by atoms with E-state index >= 15 is 0 Å². The number of rotatable bonds is 2. The Morgan fingerprint density at radius 3 is 3.00 bits per heavy atom. The second-order valence-electron chi connectivity index (χ2n) is 4.75. The Labute approximate surface area is 107 Å². The molecule has 1 saturated carbocycles. The summed E-state index contributed by atoms with van der Waals surface area (Å²) >= 11 is 1.60. The first-order valence-corrected chi connectivity index (χ1v) is 6.62. The van der Waals surface area contributed by atoms with Crippen LogP contribution in [0, 0.1) is 0 Å². The highest BCUT2D eigenvalue weighted by molar-refractivity contribution is 7.23. The van der Waals surface area contributed by atoms with E-state index in [1.807, 2.05) is 28.8 Å². The molecule has 2 heterocycles. The number of aromatic nitrogens is 2. The van der Waals surface area contributed by atoms with Crippen molar-refractivity contribution in [3.05, 3.63) is 36.2 Å². The number of imidazole rings is 1. The van der Waals surface area contributed by atoms with Crippen molar-refractivity contribution in [2.24, 2.45) is 0 Å². The average molecular weight is 258 g/mol. The third-order valence-electron chi connectivity index (χ3n) is 3.74. The van der Waals surface area contributed by atoms with Crippen LogP contribution in [-0.4, -0.2) is 20.5 Å². The van der Waals surface area contributed by atoms with E-state index in [-0.39, 0.29) is 0 Å². The molecule has 4 rings (SSSR count). The van der Waals surface area contributed by atoms with Crippen molar-refractivity contribution >= 4 is 32.5 Å². The summed E-state index contributed by atoms with van der Waals surface area (Å²) in [6, 6.07) is 5.95. The van der Waals surface area contributed by atoms with E-state index in [0.29, 0.717) is 0 Å². The Balaban J connectivity index is 1.96. The number of aliphatic carboxylic acids is 1. The molecular weight excluding hydrogens is 248 g/mol. The molecule has 1 aliphatic carbocycles. The van der Waals surface area contributed by atoms with Crippen LogP contribution in [0.3, 0.4) is 0 Å². The normalized spacial score (nSPS) is 17.3. The highest BCUT2D eigenvalue weighted by Gasteiger charge is 2.51. The average Bonchev–Trinajstić information content (AvgIpc) is 2.93. The maximum atomic E-state index is 11.3. The fraction of sp³-hybridized carbons (Fsp3) is 0.231. The summed E-state index contributed by atoms with van der Waals surface area (Å²) in [5.74, 6) is -0.705. The maximum absolute atomic E-state index is 11.3. The number of carboxylic acid groups (broad SMARTS) is 1. The van der Waals surface area contributed by atoms with Gasteiger partial charge in [0, 0.05) is 12.4 Å². The molecule has 0 saturated heterocycles. The van der Waals surface area contributed by atoms with Gasteiger partial charge >= 0.3 is 5.97 Å². The van der Waals surface area contributed by atoms with Gasteiger partial charge in [0.2, 0.25) is 0 Å². The molecule has 18 heavy (non-hydrogen) atoms. The Bertz CT molecular complexity index is 783. The molecule has 0 amide bonds. The molecule has 2 aromatic heterocycles. The number of carbonyl (C=O) groups is 1. The molecule has 5 heteroatoms. The zero-order valence-corrected chi connectivity index (χ0v) is 10.3. The lowest BCUT2D eigenvalue weighted by Gasteiger charge is -2.09. The van der Waals surface area contributed by atoms with Gasteiger partial charge in [-0.25, -0.2) is 4.98 Å². The maximum Gasteiger partial charge on any atom is 0.314 e. The topological polar surface area (TPSA) is 54.6 Å². The molecule has 0 radical (unpaired) electrons. The monoisotopic (exact) mass is 258 g/mol. The molecule has 1 aliphatic rings. The SMILES string of the molecule is O=C(O)C1(c2ccc3c(c2)sc2nccn23)CC1. The molecular formula is C13H10N2O2S. The number of fused-ring (bicyclic) bond motifs is 3. The van der Waals surface area contributed by atoms with E-state index in [2.05, 4.69) is 4.98 Å². The standard InChI is InChI=1S/C13H10N2O2S/c16-11(17)13(3-4-13)8-1-2-9-10(7-8)18-12-14-5-6-15(9)12/h1-2,5-7H,3-4H2,(H,16,17). The Kier molecular flexibility index (Phi) is 1.74. The van der Waals surface area contributed by atoms with Crippen LogP contribution >= 0.6 is 11.3 Å². The largest absolute Gasteiger partial charge is 0.481 e. The van der Waals surface area contributed by atoms with Crippen LogP contribution in [0.25, 0.3) is 15.2 Å². The Hall–Kier alpha value is -1.88. The van der Waals surface area contributed by atoms with Crippen LogP contribution in [0.4, 0.5) is 0 Å². The zero-order chi connectivity index (χ0) is 12.3. The number of nitrogens with zero attached hydrogens (tertiary/aromatic N) is 2. The third-order valence-corrected chi connectivity index (χ3v) is 4.77. The number of thiazole rings is 1. The quantitative estimate of drug-likeness (QED) is 0.768. The molecule has 4 nitrogen and oxygen atoms in total.